The molecule has 0 radical (unpaired) electrons. The second-order valence-corrected chi connectivity index (χ2v) is 5.05. The van der Waals surface area contributed by atoms with E-state index in [2.05, 4.69) is 6.07 Å². The Hall–Kier alpha value is -2.55. The van der Waals surface area contributed by atoms with E-state index in [1.165, 1.54) is 0 Å². The van der Waals surface area contributed by atoms with Gasteiger partial charge in [0, 0.05) is 11.6 Å². The molecule has 0 N–H and O–H groups in total. The number of rotatable bonds is 5. The Labute approximate surface area is 135 Å². The van der Waals surface area contributed by atoms with Crippen LogP contribution in [0.1, 0.15) is 23.0 Å². The lowest BCUT2D eigenvalue weighted by atomic mass is 10.1. The van der Waals surface area contributed by atoms with E-state index in [1.54, 1.807) is 19.2 Å². The molecule has 0 aliphatic carbocycles. The summed E-state index contributed by atoms with van der Waals surface area (Å²) in [5, 5.41) is 9.34. The van der Waals surface area contributed by atoms with Gasteiger partial charge in [0.2, 0.25) is 0 Å². The van der Waals surface area contributed by atoms with Crippen LogP contribution < -0.4 is 9.47 Å². The van der Waals surface area contributed by atoms with Crippen molar-refractivity contribution in [1.82, 2.24) is 0 Å². The third-order valence-electron chi connectivity index (χ3n) is 3.57. The molecule has 1 aliphatic rings. The summed E-state index contributed by atoms with van der Waals surface area (Å²) < 4.78 is 22.2. The molecule has 0 spiro atoms. The number of hydrogen-bond donors (Lipinski definition) is 0. The summed E-state index contributed by atoms with van der Waals surface area (Å²) in [7, 11) is 1.55. The summed E-state index contributed by atoms with van der Waals surface area (Å²) in [6, 6.07) is 15.4. The highest BCUT2D eigenvalue weighted by Crippen LogP contribution is 2.36. The van der Waals surface area contributed by atoms with Gasteiger partial charge in [-0.2, -0.15) is 5.26 Å². The molecule has 0 aromatic heterocycles. The molecule has 2 aromatic rings. The van der Waals surface area contributed by atoms with Crippen LogP contribution in [0.15, 0.2) is 42.5 Å². The zero-order valence-corrected chi connectivity index (χ0v) is 12.8. The van der Waals surface area contributed by atoms with E-state index in [1.807, 2.05) is 30.3 Å². The molecule has 0 unspecified atom stereocenters. The van der Waals surface area contributed by atoms with Crippen LogP contribution in [0.4, 0.5) is 0 Å². The summed E-state index contributed by atoms with van der Waals surface area (Å²) in [4.78, 5) is 0. The van der Waals surface area contributed by atoms with Crippen molar-refractivity contribution in [2.75, 3.05) is 20.3 Å². The molecule has 118 valence electrons. The van der Waals surface area contributed by atoms with E-state index in [4.69, 9.17) is 18.9 Å². The predicted molar refractivity (Wildman–Crippen MR) is 83.1 cm³/mol. The Bertz CT molecular complexity index is 703. The molecule has 1 heterocycles. The number of nitrogens with zero attached hydrogens (tertiary/aromatic N) is 1. The maximum absolute atomic E-state index is 9.34. The number of nitriles is 1. The molecular weight excluding hydrogens is 294 g/mol. The van der Waals surface area contributed by atoms with Gasteiger partial charge in [0.05, 0.1) is 32.0 Å². The fourth-order valence-corrected chi connectivity index (χ4v) is 2.41. The molecule has 2 aromatic carbocycles. The van der Waals surface area contributed by atoms with Gasteiger partial charge in [-0.3, -0.25) is 0 Å². The molecule has 0 saturated carbocycles. The van der Waals surface area contributed by atoms with Crippen LogP contribution in [0, 0.1) is 11.3 Å². The van der Waals surface area contributed by atoms with E-state index in [-0.39, 0.29) is 0 Å². The van der Waals surface area contributed by atoms with Gasteiger partial charge in [0.25, 0.3) is 0 Å². The summed E-state index contributed by atoms with van der Waals surface area (Å²) in [6.45, 7) is 1.44. The maximum Gasteiger partial charge on any atom is 0.185 e. The van der Waals surface area contributed by atoms with Gasteiger partial charge in [-0.1, -0.05) is 30.3 Å². The van der Waals surface area contributed by atoms with Crippen molar-refractivity contribution in [2.45, 2.75) is 12.9 Å². The largest absolute Gasteiger partial charge is 0.493 e. The van der Waals surface area contributed by atoms with Crippen molar-refractivity contribution in [2.24, 2.45) is 0 Å². The minimum Gasteiger partial charge on any atom is -0.493 e. The third kappa shape index (κ3) is 3.45. The lowest BCUT2D eigenvalue weighted by Gasteiger charge is -2.16. The fraction of sp³-hybridized carbons (Fsp3) is 0.278. The number of methoxy groups -OCH3 is 1. The highest BCUT2D eigenvalue weighted by Gasteiger charge is 2.24. The highest BCUT2D eigenvalue weighted by atomic mass is 16.7. The van der Waals surface area contributed by atoms with Crippen LogP contribution in [0.2, 0.25) is 0 Å². The predicted octanol–water partition coefficient (Wildman–Crippen LogP) is 3.19. The van der Waals surface area contributed by atoms with Gasteiger partial charge in [-0.25, -0.2) is 0 Å². The monoisotopic (exact) mass is 311 g/mol. The summed E-state index contributed by atoms with van der Waals surface area (Å²) in [6.07, 6.45) is -0.533. The standard InChI is InChI=1S/C18H17NO4/c1-20-16-9-14(11-19)15(18-21-7-8-22-18)10-17(16)23-12-13-5-3-2-4-6-13/h2-6,9-10,18H,7-8,12H2,1H3. The first kappa shape index (κ1) is 15.3. The zero-order chi connectivity index (χ0) is 16.1. The van der Waals surface area contributed by atoms with E-state index in [0.717, 1.165) is 5.56 Å². The second kappa shape index (κ2) is 7.14. The highest BCUT2D eigenvalue weighted by molar-refractivity contribution is 5.52. The molecule has 1 saturated heterocycles. The zero-order valence-electron chi connectivity index (χ0n) is 12.8. The summed E-state index contributed by atoms with van der Waals surface area (Å²) in [5.41, 5.74) is 2.17. The fourth-order valence-electron chi connectivity index (χ4n) is 2.41. The average molecular weight is 311 g/mol. The molecule has 23 heavy (non-hydrogen) atoms. The van der Waals surface area contributed by atoms with Crippen molar-refractivity contribution in [3.05, 3.63) is 59.2 Å². The van der Waals surface area contributed by atoms with Gasteiger partial charge in [-0.15, -0.1) is 0 Å². The normalized spacial score (nSPS) is 14.4. The Morgan fingerprint density at radius 3 is 2.52 bits per heavy atom. The lowest BCUT2D eigenvalue weighted by molar-refractivity contribution is -0.0444. The van der Waals surface area contributed by atoms with E-state index in [0.29, 0.717) is 42.4 Å². The minimum atomic E-state index is -0.533. The third-order valence-corrected chi connectivity index (χ3v) is 3.57. The second-order valence-electron chi connectivity index (χ2n) is 5.05. The van der Waals surface area contributed by atoms with Crippen molar-refractivity contribution >= 4 is 0 Å². The molecule has 5 heteroatoms. The average Bonchev–Trinajstić information content (AvgIpc) is 3.14. The summed E-state index contributed by atoms with van der Waals surface area (Å²) in [5.74, 6) is 1.07. The van der Waals surface area contributed by atoms with Gasteiger partial charge in [0.15, 0.2) is 17.8 Å². The van der Waals surface area contributed by atoms with Crippen molar-refractivity contribution in [3.63, 3.8) is 0 Å². The van der Waals surface area contributed by atoms with Crippen LogP contribution >= 0.6 is 0 Å². The Morgan fingerprint density at radius 1 is 1.13 bits per heavy atom. The van der Waals surface area contributed by atoms with Crippen LogP contribution in [-0.2, 0) is 16.1 Å². The molecular formula is C18H17NO4. The minimum absolute atomic E-state index is 0.412. The first-order chi connectivity index (χ1) is 11.3. The molecule has 1 aliphatic heterocycles. The van der Waals surface area contributed by atoms with Gasteiger partial charge in [0.1, 0.15) is 6.61 Å². The van der Waals surface area contributed by atoms with Crippen LogP contribution in [0.5, 0.6) is 11.5 Å². The molecule has 3 rings (SSSR count). The topological polar surface area (TPSA) is 60.7 Å². The van der Waals surface area contributed by atoms with Gasteiger partial charge >= 0.3 is 0 Å². The number of benzene rings is 2. The maximum atomic E-state index is 9.34. The lowest BCUT2D eigenvalue weighted by Crippen LogP contribution is -2.04. The Balaban J connectivity index is 1.88. The Kier molecular flexibility index (Phi) is 4.77. The van der Waals surface area contributed by atoms with Gasteiger partial charge in [-0.05, 0) is 11.6 Å². The quantitative estimate of drug-likeness (QED) is 0.848. The smallest absolute Gasteiger partial charge is 0.185 e. The van der Waals surface area contributed by atoms with Crippen LogP contribution in [0.3, 0.4) is 0 Å². The SMILES string of the molecule is COc1cc(C#N)c(C2OCCO2)cc1OCc1ccccc1. The Morgan fingerprint density at radius 2 is 1.87 bits per heavy atom. The molecule has 0 bridgehead atoms. The van der Waals surface area contributed by atoms with Gasteiger partial charge < -0.3 is 18.9 Å². The van der Waals surface area contributed by atoms with Crippen LogP contribution in [0.25, 0.3) is 0 Å². The number of ether oxygens (including phenoxy) is 4. The van der Waals surface area contributed by atoms with Crippen molar-refractivity contribution in [3.8, 4) is 17.6 Å². The van der Waals surface area contributed by atoms with E-state index >= 15 is 0 Å². The van der Waals surface area contributed by atoms with Crippen molar-refractivity contribution in [1.29, 1.82) is 5.26 Å². The number of hydrogen-bond acceptors (Lipinski definition) is 5. The molecule has 0 amide bonds. The van der Waals surface area contributed by atoms with E-state index < -0.39 is 6.29 Å². The molecule has 0 atom stereocenters. The van der Waals surface area contributed by atoms with Crippen molar-refractivity contribution < 1.29 is 18.9 Å². The molecule has 1 fully saturated rings. The molecule has 5 nitrogen and oxygen atoms in total. The van der Waals surface area contributed by atoms with E-state index in [9.17, 15) is 5.26 Å². The first-order valence-electron chi connectivity index (χ1n) is 7.34. The van der Waals surface area contributed by atoms with Crippen LogP contribution in [-0.4, -0.2) is 20.3 Å². The first-order valence-corrected chi connectivity index (χ1v) is 7.34. The summed E-state index contributed by atoms with van der Waals surface area (Å²) >= 11 is 0.